The minimum atomic E-state index is -0.968. The third-order valence-electron chi connectivity index (χ3n) is 7.11. The van der Waals surface area contributed by atoms with Crippen molar-refractivity contribution in [1.29, 1.82) is 0 Å². The van der Waals surface area contributed by atoms with Crippen LogP contribution in [0.3, 0.4) is 0 Å². The van der Waals surface area contributed by atoms with Gasteiger partial charge in [0, 0.05) is 29.8 Å². The van der Waals surface area contributed by atoms with Crippen molar-refractivity contribution in [2.75, 3.05) is 18.1 Å². The number of nitro groups is 1. The number of amides is 1. The highest BCUT2D eigenvalue weighted by molar-refractivity contribution is 5.95. The van der Waals surface area contributed by atoms with E-state index in [-0.39, 0.29) is 25.1 Å². The van der Waals surface area contributed by atoms with Gasteiger partial charge in [0.15, 0.2) is 0 Å². The number of esters is 2. The van der Waals surface area contributed by atoms with Crippen LogP contribution in [0.2, 0.25) is 0 Å². The average Bonchev–Trinajstić information content (AvgIpc) is 3.28. The van der Waals surface area contributed by atoms with Crippen LogP contribution in [0.15, 0.2) is 48.5 Å². The Balaban J connectivity index is 1.34. The number of nitrogens with zero attached hydrogens (tertiary/aromatic N) is 2. The topological polar surface area (TPSA) is 137 Å². The molecule has 0 saturated carbocycles. The number of anilines is 1. The summed E-state index contributed by atoms with van der Waals surface area (Å²) in [6.45, 7) is 4.49. The van der Waals surface area contributed by atoms with Gasteiger partial charge in [-0.05, 0) is 50.1 Å². The van der Waals surface area contributed by atoms with Gasteiger partial charge in [-0.3, -0.25) is 14.9 Å². The first-order valence-corrected chi connectivity index (χ1v) is 11.8. The first-order chi connectivity index (χ1) is 17.6. The number of nitrogens with one attached hydrogen (secondary N) is 1. The van der Waals surface area contributed by atoms with Gasteiger partial charge < -0.3 is 24.4 Å². The molecule has 1 saturated heterocycles. The lowest BCUT2D eigenvalue weighted by atomic mass is 9.76. The number of hydrogen-bond donors (Lipinski definition) is 1. The molecule has 1 amide bonds. The molecule has 1 fully saturated rings. The molecule has 192 valence electrons. The van der Waals surface area contributed by atoms with E-state index in [0.29, 0.717) is 17.9 Å². The van der Waals surface area contributed by atoms with E-state index in [9.17, 15) is 24.5 Å². The molecule has 0 radical (unpaired) electrons. The van der Waals surface area contributed by atoms with Gasteiger partial charge in [-0.25, -0.2) is 9.59 Å². The van der Waals surface area contributed by atoms with E-state index in [0.717, 1.165) is 11.3 Å². The minimum Gasteiger partial charge on any atom is -0.464 e. The second-order valence-electron chi connectivity index (χ2n) is 9.57. The van der Waals surface area contributed by atoms with Crippen LogP contribution < -0.4 is 15.0 Å². The van der Waals surface area contributed by atoms with Gasteiger partial charge in [-0.15, -0.1) is 0 Å². The van der Waals surface area contributed by atoms with Crippen molar-refractivity contribution in [2.45, 2.75) is 43.9 Å². The zero-order valence-electron chi connectivity index (χ0n) is 20.3. The number of hydrogen-bond acceptors (Lipinski definition) is 9. The lowest BCUT2D eigenvalue weighted by Crippen LogP contribution is -2.60. The Morgan fingerprint density at radius 3 is 2.73 bits per heavy atom. The van der Waals surface area contributed by atoms with E-state index in [4.69, 9.17) is 9.47 Å². The van der Waals surface area contributed by atoms with Crippen molar-refractivity contribution in [3.8, 4) is 5.75 Å². The molecule has 3 aliphatic heterocycles. The van der Waals surface area contributed by atoms with Crippen LogP contribution in [-0.2, 0) is 24.5 Å². The molecule has 2 unspecified atom stereocenters. The van der Waals surface area contributed by atoms with Gasteiger partial charge >= 0.3 is 18.0 Å². The second-order valence-corrected chi connectivity index (χ2v) is 9.57. The van der Waals surface area contributed by atoms with Gasteiger partial charge in [-0.2, -0.15) is 0 Å². The van der Waals surface area contributed by atoms with Crippen molar-refractivity contribution in [2.24, 2.45) is 0 Å². The number of non-ortho nitro benzene ring substituents is 1. The summed E-state index contributed by atoms with van der Waals surface area (Å²) < 4.78 is 16.5. The largest absolute Gasteiger partial charge is 0.464 e. The van der Waals surface area contributed by atoms with Gasteiger partial charge in [-0.1, -0.05) is 18.2 Å². The van der Waals surface area contributed by atoms with Crippen molar-refractivity contribution in [3.05, 3.63) is 69.8 Å². The average molecular weight is 507 g/mol. The minimum absolute atomic E-state index is 0.0221. The highest BCUT2D eigenvalue weighted by Gasteiger charge is 2.58. The number of carbonyl (C=O) groups is 3. The summed E-state index contributed by atoms with van der Waals surface area (Å²) in [5.41, 5.74) is 1.07. The number of ether oxygens (including phenoxy) is 3. The molecule has 11 nitrogen and oxygen atoms in total. The Kier molecular flexibility index (Phi) is 5.85. The summed E-state index contributed by atoms with van der Waals surface area (Å²) >= 11 is 0. The predicted molar refractivity (Wildman–Crippen MR) is 131 cm³/mol. The standard InChI is InChI=1S/C26H25N3O8/c1-25(2)18-5-3-4-6-20(18)28(13-14-35-22(30)10-8-19-23(31)36-24(32)27-19)26(25)12-11-16-15-17(29(33)34)7-9-21(16)37-26/h3-7,9,11-12,15,19H,8,10,13-14H2,1-2H3,(H,27,32). The summed E-state index contributed by atoms with van der Waals surface area (Å²) in [5.74, 6) is -0.698. The van der Waals surface area contributed by atoms with Crippen LogP contribution in [0, 0.1) is 10.1 Å². The molecule has 0 aromatic heterocycles. The van der Waals surface area contributed by atoms with Gasteiger partial charge in [0.05, 0.1) is 16.9 Å². The van der Waals surface area contributed by atoms with Crippen LogP contribution in [0.5, 0.6) is 5.75 Å². The molecule has 0 aliphatic carbocycles. The number of rotatable bonds is 7. The molecule has 2 aromatic carbocycles. The second kappa shape index (κ2) is 8.91. The highest BCUT2D eigenvalue weighted by Crippen LogP contribution is 2.54. The number of fused-ring (bicyclic) bond motifs is 2. The van der Waals surface area contributed by atoms with Crippen LogP contribution in [0.25, 0.3) is 6.08 Å². The third-order valence-corrected chi connectivity index (χ3v) is 7.11. The molecule has 3 aliphatic rings. The van der Waals surface area contributed by atoms with Gasteiger partial charge in [0.25, 0.3) is 5.69 Å². The molecular formula is C26H25N3O8. The van der Waals surface area contributed by atoms with E-state index in [1.165, 1.54) is 12.1 Å². The molecular weight excluding hydrogens is 482 g/mol. The maximum atomic E-state index is 12.3. The molecule has 1 N–H and O–H groups in total. The van der Waals surface area contributed by atoms with Crippen molar-refractivity contribution in [3.63, 3.8) is 0 Å². The van der Waals surface area contributed by atoms with Crippen LogP contribution in [-0.4, -0.2) is 47.9 Å². The first kappa shape index (κ1) is 24.3. The van der Waals surface area contributed by atoms with Gasteiger partial charge in [0.2, 0.25) is 5.72 Å². The summed E-state index contributed by atoms with van der Waals surface area (Å²) in [7, 11) is 0. The maximum Gasteiger partial charge on any atom is 0.415 e. The monoisotopic (exact) mass is 507 g/mol. The molecule has 3 heterocycles. The van der Waals surface area contributed by atoms with E-state index in [2.05, 4.69) is 23.9 Å². The quantitative estimate of drug-likeness (QED) is 0.258. The molecule has 11 heteroatoms. The fourth-order valence-electron chi connectivity index (χ4n) is 5.16. The Morgan fingerprint density at radius 2 is 2.00 bits per heavy atom. The normalized spacial score (nSPS) is 22.6. The van der Waals surface area contributed by atoms with Crippen LogP contribution in [0.1, 0.15) is 37.8 Å². The Labute approximate surface area is 212 Å². The maximum absolute atomic E-state index is 12.3. The SMILES string of the molecule is CC1(C)c2ccccc2N(CCOC(=O)CCC2NC(=O)OC2=O)C12C=Cc1cc([N+](=O)[O-])ccc1O2. The molecule has 5 rings (SSSR count). The molecule has 2 aromatic rings. The lowest BCUT2D eigenvalue weighted by molar-refractivity contribution is -0.384. The molecule has 37 heavy (non-hydrogen) atoms. The fraction of sp³-hybridized carbons (Fsp3) is 0.346. The lowest BCUT2D eigenvalue weighted by Gasteiger charge is -2.47. The number of carbonyl (C=O) groups excluding carboxylic acids is 3. The van der Waals surface area contributed by atoms with Crippen molar-refractivity contribution >= 4 is 35.5 Å². The van der Waals surface area contributed by atoms with Gasteiger partial charge in [0.1, 0.15) is 18.4 Å². The summed E-state index contributed by atoms with van der Waals surface area (Å²) in [4.78, 5) is 47.8. The Morgan fingerprint density at radius 1 is 1.22 bits per heavy atom. The van der Waals surface area contributed by atoms with Crippen molar-refractivity contribution in [1.82, 2.24) is 5.32 Å². The highest BCUT2D eigenvalue weighted by atomic mass is 16.6. The summed E-state index contributed by atoms with van der Waals surface area (Å²) in [5, 5.41) is 13.6. The number of para-hydroxylation sites is 1. The van der Waals surface area contributed by atoms with Crippen LogP contribution in [0.4, 0.5) is 16.2 Å². The fourth-order valence-corrected chi connectivity index (χ4v) is 5.16. The number of cyclic esters (lactones) is 2. The first-order valence-electron chi connectivity index (χ1n) is 11.8. The summed E-state index contributed by atoms with van der Waals surface area (Å²) in [6.07, 6.45) is 2.93. The number of alkyl carbamates (subject to hydrolysis) is 1. The zero-order chi connectivity index (χ0) is 26.4. The molecule has 0 bridgehead atoms. The Hall–Kier alpha value is -4.41. The third kappa shape index (κ3) is 4.05. The zero-order valence-corrected chi connectivity index (χ0v) is 20.3. The summed E-state index contributed by atoms with van der Waals surface area (Å²) in [6, 6.07) is 11.5. The molecule has 2 atom stereocenters. The van der Waals surface area contributed by atoms with E-state index >= 15 is 0 Å². The van der Waals surface area contributed by atoms with E-state index < -0.39 is 40.1 Å². The molecule has 1 spiro atoms. The van der Waals surface area contributed by atoms with E-state index in [1.54, 1.807) is 6.07 Å². The number of benzene rings is 2. The Bertz CT molecular complexity index is 1340. The number of nitro benzene ring substituents is 1. The predicted octanol–water partition coefficient (Wildman–Crippen LogP) is 3.45. The van der Waals surface area contributed by atoms with Crippen LogP contribution >= 0.6 is 0 Å². The van der Waals surface area contributed by atoms with E-state index in [1.807, 2.05) is 41.3 Å². The smallest absolute Gasteiger partial charge is 0.415 e. The van der Waals surface area contributed by atoms with Crippen molar-refractivity contribution < 1.29 is 33.5 Å².